The number of nitrogens with one attached hydrogen (secondary N) is 1. The van der Waals surface area contributed by atoms with Gasteiger partial charge in [0.1, 0.15) is 11.4 Å². The summed E-state index contributed by atoms with van der Waals surface area (Å²) in [7, 11) is 1.56. The second-order valence-electron chi connectivity index (χ2n) is 6.50. The van der Waals surface area contributed by atoms with Gasteiger partial charge in [0.25, 0.3) is 5.91 Å². The third-order valence-electron chi connectivity index (χ3n) is 5.02. The first kappa shape index (κ1) is 16.4. The molecule has 0 radical (unpaired) electrons. The van der Waals surface area contributed by atoms with Gasteiger partial charge in [0.15, 0.2) is 5.78 Å². The molecule has 0 spiro atoms. The molecule has 0 aromatic heterocycles. The van der Waals surface area contributed by atoms with Crippen molar-refractivity contribution in [3.05, 3.63) is 77.0 Å². The molecule has 1 N–H and O–H groups in total. The van der Waals surface area contributed by atoms with Crippen LogP contribution in [-0.4, -0.2) is 36.8 Å². The molecule has 26 heavy (non-hydrogen) atoms. The Morgan fingerprint density at radius 3 is 2.92 bits per heavy atom. The number of ether oxygens (including phenoxy) is 1. The number of allylic oxidation sites excluding steroid dienone is 1. The zero-order chi connectivity index (χ0) is 18.1. The Hall–Kier alpha value is -3.08. The molecular formula is C21H20N2O3. The van der Waals surface area contributed by atoms with Crippen LogP contribution in [0.15, 0.2) is 60.3 Å². The van der Waals surface area contributed by atoms with E-state index in [1.54, 1.807) is 31.4 Å². The van der Waals surface area contributed by atoms with Crippen molar-refractivity contribution >= 4 is 11.7 Å². The lowest BCUT2D eigenvalue weighted by Gasteiger charge is -2.41. The van der Waals surface area contributed by atoms with E-state index in [9.17, 15) is 9.59 Å². The van der Waals surface area contributed by atoms with Crippen LogP contribution in [0.4, 0.5) is 0 Å². The van der Waals surface area contributed by atoms with Gasteiger partial charge >= 0.3 is 0 Å². The van der Waals surface area contributed by atoms with Crippen LogP contribution in [0.1, 0.15) is 27.5 Å². The van der Waals surface area contributed by atoms with E-state index in [4.69, 9.17) is 4.74 Å². The van der Waals surface area contributed by atoms with E-state index in [0.29, 0.717) is 30.1 Å². The molecule has 1 atom stereocenters. The van der Waals surface area contributed by atoms with Crippen molar-refractivity contribution in [1.29, 1.82) is 0 Å². The van der Waals surface area contributed by atoms with E-state index in [-0.39, 0.29) is 17.7 Å². The molecule has 1 fully saturated rings. The topological polar surface area (TPSA) is 58.6 Å². The molecule has 0 saturated carbocycles. The highest BCUT2D eigenvalue weighted by Gasteiger charge is 2.36. The van der Waals surface area contributed by atoms with Crippen molar-refractivity contribution in [3.63, 3.8) is 0 Å². The largest absolute Gasteiger partial charge is 0.497 e. The molecule has 132 valence electrons. The number of carbonyl (C=O) groups excluding carboxylic acids is 2. The number of hydrogen-bond acceptors (Lipinski definition) is 4. The van der Waals surface area contributed by atoms with Crippen LogP contribution in [0.25, 0.3) is 0 Å². The van der Waals surface area contributed by atoms with Gasteiger partial charge in [-0.05, 0) is 29.7 Å². The second-order valence-corrected chi connectivity index (χ2v) is 6.50. The molecule has 2 aliphatic heterocycles. The fraction of sp³-hybridized carbons (Fsp3) is 0.238. The Balaban J connectivity index is 1.58. The minimum atomic E-state index is -0.212. The van der Waals surface area contributed by atoms with Crippen molar-refractivity contribution in [1.82, 2.24) is 10.2 Å². The van der Waals surface area contributed by atoms with E-state index < -0.39 is 0 Å². The zero-order valence-corrected chi connectivity index (χ0v) is 14.6. The average Bonchev–Trinajstić information content (AvgIpc) is 2.69. The van der Waals surface area contributed by atoms with Crippen molar-refractivity contribution in [2.24, 2.45) is 0 Å². The number of benzene rings is 2. The summed E-state index contributed by atoms with van der Waals surface area (Å²) >= 11 is 0. The van der Waals surface area contributed by atoms with E-state index in [0.717, 1.165) is 6.42 Å². The Labute approximate surface area is 152 Å². The maximum absolute atomic E-state index is 12.9. The van der Waals surface area contributed by atoms with Crippen molar-refractivity contribution in [2.75, 3.05) is 20.2 Å². The zero-order valence-electron chi connectivity index (χ0n) is 14.6. The smallest absolute Gasteiger partial charge is 0.270 e. The molecule has 0 bridgehead atoms. The number of rotatable bonds is 3. The average molecular weight is 348 g/mol. The highest BCUT2D eigenvalue weighted by Crippen LogP contribution is 2.32. The van der Waals surface area contributed by atoms with Crippen molar-refractivity contribution < 1.29 is 14.3 Å². The fourth-order valence-electron chi connectivity index (χ4n) is 3.66. The van der Waals surface area contributed by atoms with Gasteiger partial charge in [-0.25, -0.2) is 0 Å². The summed E-state index contributed by atoms with van der Waals surface area (Å²) in [5.41, 5.74) is 3.34. The standard InChI is InChI=1S/C21H20N2O3/c1-26-16-7-4-6-15(11-16)20(24)12-18-21(25)23-10-9-14-5-2-3-8-17(14)19(23)13-22-18/h2-8,11-12,19,22H,9-10,13H2,1H3/b18-12-. The van der Waals surface area contributed by atoms with Gasteiger partial charge in [0.2, 0.25) is 0 Å². The summed E-state index contributed by atoms with van der Waals surface area (Å²) in [6.07, 6.45) is 2.24. The second kappa shape index (κ2) is 6.67. The number of nitrogens with zero attached hydrogens (tertiary/aromatic N) is 1. The Kier molecular flexibility index (Phi) is 4.21. The minimum absolute atomic E-state index is 0.0246. The Bertz CT molecular complexity index is 904. The van der Waals surface area contributed by atoms with E-state index >= 15 is 0 Å². The van der Waals surface area contributed by atoms with E-state index in [1.807, 2.05) is 17.0 Å². The van der Waals surface area contributed by atoms with Gasteiger partial charge in [-0.3, -0.25) is 9.59 Å². The number of ketones is 1. The minimum Gasteiger partial charge on any atom is -0.497 e. The Morgan fingerprint density at radius 2 is 2.08 bits per heavy atom. The summed E-state index contributed by atoms with van der Waals surface area (Å²) in [6, 6.07) is 15.2. The number of amides is 1. The molecule has 0 aliphatic carbocycles. The SMILES string of the molecule is COc1cccc(C(=O)/C=C2\NCC3c4ccccc4CCN3C2=O)c1. The van der Waals surface area contributed by atoms with Gasteiger partial charge in [-0.15, -0.1) is 0 Å². The van der Waals surface area contributed by atoms with E-state index in [1.165, 1.54) is 17.2 Å². The monoisotopic (exact) mass is 348 g/mol. The molecule has 2 aromatic carbocycles. The lowest BCUT2D eigenvalue weighted by atomic mass is 9.90. The van der Waals surface area contributed by atoms with Crippen LogP contribution in [0, 0.1) is 0 Å². The van der Waals surface area contributed by atoms with Crippen LogP contribution in [0.2, 0.25) is 0 Å². The van der Waals surface area contributed by atoms with Crippen molar-refractivity contribution in [2.45, 2.75) is 12.5 Å². The maximum Gasteiger partial charge on any atom is 0.270 e. The Morgan fingerprint density at radius 1 is 1.23 bits per heavy atom. The van der Waals surface area contributed by atoms with Crippen molar-refractivity contribution in [3.8, 4) is 5.75 Å². The maximum atomic E-state index is 12.9. The molecule has 2 heterocycles. The normalized spacial score (nSPS) is 20.2. The number of fused-ring (bicyclic) bond motifs is 3. The summed E-state index contributed by atoms with van der Waals surface area (Å²) in [5, 5.41) is 3.16. The third-order valence-corrected chi connectivity index (χ3v) is 5.02. The van der Waals surface area contributed by atoms with Crippen LogP contribution < -0.4 is 10.1 Å². The summed E-state index contributed by atoms with van der Waals surface area (Å²) in [6.45, 7) is 1.28. The van der Waals surface area contributed by atoms with Crippen LogP contribution >= 0.6 is 0 Å². The predicted molar refractivity (Wildman–Crippen MR) is 98.0 cm³/mol. The lowest BCUT2D eigenvalue weighted by molar-refractivity contribution is -0.132. The molecule has 2 aliphatic rings. The first-order valence-corrected chi connectivity index (χ1v) is 8.70. The third kappa shape index (κ3) is 2.86. The molecule has 2 aromatic rings. The highest BCUT2D eigenvalue weighted by atomic mass is 16.5. The summed E-state index contributed by atoms with van der Waals surface area (Å²) in [5.74, 6) is 0.285. The molecule has 1 unspecified atom stereocenters. The molecule has 5 nitrogen and oxygen atoms in total. The molecule has 1 saturated heterocycles. The highest BCUT2D eigenvalue weighted by molar-refractivity contribution is 6.09. The molecule has 4 rings (SSSR count). The van der Waals surface area contributed by atoms with Crippen LogP contribution in [0.3, 0.4) is 0 Å². The predicted octanol–water partition coefficient (Wildman–Crippen LogP) is 2.49. The number of carbonyl (C=O) groups is 2. The van der Waals surface area contributed by atoms with Crippen LogP contribution in [-0.2, 0) is 11.2 Å². The number of methoxy groups -OCH3 is 1. The summed E-state index contributed by atoms with van der Waals surface area (Å²) < 4.78 is 5.16. The molecule has 1 amide bonds. The summed E-state index contributed by atoms with van der Waals surface area (Å²) in [4.78, 5) is 27.3. The number of piperazine rings is 1. The number of hydrogen-bond donors (Lipinski definition) is 1. The molecular weight excluding hydrogens is 328 g/mol. The van der Waals surface area contributed by atoms with Gasteiger partial charge in [-0.2, -0.15) is 0 Å². The van der Waals surface area contributed by atoms with Gasteiger partial charge in [0.05, 0.1) is 13.2 Å². The van der Waals surface area contributed by atoms with Gasteiger partial charge < -0.3 is 15.0 Å². The lowest BCUT2D eigenvalue weighted by Crippen LogP contribution is -2.51. The first-order chi connectivity index (χ1) is 12.7. The quantitative estimate of drug-likeness (QED) is 0.684. The van der Waals surface area contributed by atoms with Crippen LogP contribution in [0.5, 0.6) is 5.75 Å². The molecule has 5 heteroatoms. The fourth-order valence-corrected chi connectivity index (χ4v) is 3.66. The first-order valence-electron chi connectivity index (χ1n) is 8.70. The van der Waals surface area contributed by atoms with Gasteiger partial charge in [-0.1, -0.05) is 36.4 Å². The van der Waals surface area contributed by atoms with E-state index in [2.05, 4.69) is 17.4 Å². The van der Waals surface area contributed by atoms with Gasteiger partial charge in [0, 0.05) is 24.7 Å².